The molecule has 7 nitrogen and oxygen atoms in total. The largest absolute Gasteiger partial charge is 0.467 e. The fraction of sp³-hybridized carbons (Fsp3) is 0.174. The SMILES string of the molecule is Cc1cccc(NC(=O)Nc2ccc3nc(SCC(=O)NCc4ccco4)sc3c2)c1C. The van der Waals surface area contributed by atoms with Crippen molar-refractivity contribution in [1.29, 1.82) is 0 Å². The van der Waals surface area contributed by atoms with Crippen LogP contribution in [0.15, 0.2) is 63.6 Å². The number of furan rings is 1. The minimum Gasteiger partial charge on any atom is -0.467 e. The molecule has 3 N–H and O–H groups in total. The van der Waals surface area contributed by atoms with Crippen LogP contribution in [-0.2, 0) is 11.3 Å². The van der Waals surface area contributed by atoms with Gasteiger partial charge in [-0.3, -0.25) is 4.79 Å². The lowest BCUT2D eigenvalue weighted by Crippen LogP contribution is -2.24. The Morgan fingerprint density at radius 1 is 1.09 bits per heavy atom. The van der Waals surface area contributed by atoms with Gasteiger partial charge in [0, 0.05) is 11.4 Å². The normalized spacial score (nSPS) is 10.8. The van der Waals surface area contributed by atoms with Gasteiger partial charge in [-0.1, -0.05) is 23.9 Å². The van der Waals surface area contributed by atoms with Gasteiger partial charge >= 0.3 is 6.03 Å². The third kappa shape index (κ3) is 5.49. The van der Waals surface area contributed by atoms with E-state index in [-0.39, 0.29) is 17.7 Å². The van der Waals surface area contributed by atoms with Gasteiger partial charge in [-0.2, -0.15) is 0 Å². The van der Waals surface area contributed by atoms with Gasteiger partial charge < -0.3 is 20.4 Å². The lowest BCUT2D eigenvalue weighted by atomic mass is 10.1. The molecular formula is C23H22N4O3S2. The topological polar surface area (TPSA) is 96.3 Å². The summed E-state index contributed by atoms with van der Waals surface area (Å²) in [5.74, 6) is 0.894. The summed E-state index contributed by atoms with van der Waals surface area (Å²) in [5, 5.41) is 8.57. The first-order valence-corrected chi connectivity index (χ1v) is 11.7. The number of amides is 3. The van der Waals surface area contributed by atoms with Crippen LogP contribution in [0.25, 0.3) is 10.2 Å². The zero-order valence-electron chi connectivity index (χ0n) is 17.6. The number of fused-ring (bicyclic) bond motifs is 1. The third-order valence-corrected chi connectivity index (χ3v) is 7.01. The summed E-state index contributed by atoms with van der Waals surface area (Å²) < 4.78 is 6.94. The Morgan fingerprint density at radius 3 is 2.78 bits per heavy atom. The highest BCUT2D eigenvalue weighted by molar-refractivity contribution is 8.01. The van der Waals surface area contributed by atoms with E-state index in [1.165, 1.54) is 23.1 Å². The van der Waals surface area contributed by atoms with E-state index < -0.39 is 0 Å². The van der Waals surface area contributed by atoms with Gasteiger partial charge in [0.2, 0.25) is 5.91 Å². The molecule has 0 radical (unpaired) electrons. The first kappa shape index (κ1) is 21.9. The Hall–Kier alpha value is -3.30. The fourth-order valence-electron chi connectivity index (χ4n) is 2.99. The van der Waals surface area contributed by atoms with Gasteiger partial charge in [-0.15, -0.1) is 11.3 Å². The summed E-state index contributed by atoms with van der Waals surface area (Å²) in [6.07, 6.45) is 1.58. The highest BCUT2D eigenvalue weighted by Crippen LogP contribution is 2.31. The average molecular weight is 467 g/mol. The van der Waals surface area contributed by atoms with E-state index in [0.717, 1.165) is 31.4 Å². The van der Waals surface area contributed by atoms with Crippen molar-refractivity contribution < 1.29 is 14.0 Å². The molecule has 0 bridgehead atoms. The quantitative estimate of drug-likeness (QED) is 0.310. The Morgan fingerprint density at radius 2 is 1.97 bits per heavy atom. The summed E-state index contributed by atoms with van der Waals surface area (Å²) in [7, 11) is 0. The highest BCUT2D eigenvalue weighted by atomic mass is 32.2. The molecule has 2 aromatic heterocycles. The summed E-state index contributed by atoms with van der Waals surface area (Å²) in [6, 6.07) is 14.7. The number of aryl methyl sites for hydroxylation is 1. The Labute approximate surface area is 193 Å². The molecule has 0 aliphatic rings. The minimum atomic E-state index is -0.301. The van der Waals surface area contributed by atoms with Crippen molar-refractivity contribution in [3.05, 3.63) is 71.7 Å². The number of carbonyl (C=O) groups excluding carboxylic acids is 2. The van der Waals surface area contributed by atoms with Gasteiger partial charge in [0.1, 0.15) is 5.76 Å². The molecule has 9 heteroatoms. The number of carbonyl (C=O) groups is 2. The number of benzene rings is 2. The molecule has 0 unspecified atom stereocenters. The Bertz CT molecular complexity index is 1250. The number of nitrogens with zero attached hydrogens (tertiary/aromatic N) is 1. The number of nitrogens with one attached hydrogen (secondary N) is 3. The van der Waals surface area contributed by atoms with E-state index in [0.29, 0.717) is 18.0 Å². The maximum absolute atomic E-state index is 12.4. The molecule has 3 amide bonds. The molecule has 4 aromatic rings. The van der Waals surface area contributed by atoms with Crippen LogP contribution >= 0.6 is 23.1 Å². The molecule has 164 valence electrons. The predicted molar refractivity (Wildman–Crippen MR) is 129 cm³/mol. The molecule has 2 aromatic carbocycles. The molecule has 0 aliphatic heterocycles. The van der Waals surface area contributed by atoms with Crippen molar-refractivity contribution in [3.8, 4) is 0 Å². The number of rotatable bonds is 7. The second-order valence-corrected chi connectivity index (χ2v) is 9.39. The number of hydrogen-bond donors (Lipinski definition) is 3. The van der Waals surface area contributed by atoms with Gasteiger partial charge in [0.15, 0.2) is 4.34 Å². The number of thioether (sulfide) groups is 1. The highest BCUT2D eigenvalue weighted by Gasteiger charge is 2.11. The first-order valence-electron chi connectivity index (χ1n) is 9.94. The van der Waals surface area contributed by atoms with Crippen LogP contribution in [0, 0.1) is 13.8 Å². The lowest BCUT2D eigenvalue weighted by molar-refractivity contribution is -0.118. The lowest BCUT2D eigenvalue weighted by Gasteiger charge is -2.11. The Kier molecular flexibility index (Phi) is 6.77. The zero-order chi connectivity index (χ0) is 22.5. The van der Waals surface area contributed by atoms with Crippen molar-refractivity contribution in [2.24, 2.45) is 0 Å². The number of anilines is 2. The van der Waals surface area contributed by atoms with Gasteiger partial charge in [0.05, 0.1) is 28.8 Å². The smallest absolute Gasteiger partial charge is 0.323 e. The van der Waals surface area contributed by atoms with Crippen molar-refractivity contribution in [2.75, 3.05) is 16.4 Å². The van der Waals surface area contributed by atoms with Crippen molar-refractivity contribution >= 4 is 56.6 Å². The molecular weight excluding hydrogens is 444 g/mol. The van der Waals surface area contributed by atoms with Crippen LogP contribution in [0.4, 0.5) is 16.2 Å². The van der Waals surface area contributed by atoms with Crippen molar-refractivity contribution in [2.45, 2.75) is 24.7 Å². The molecule has 0 saturated carbocycles. The molecule has 32 heavy (non-hydrogen) atoms. The van der Waals surface area contributed by atoms with Crippen LogP contribution in [0.3, 0.4) is 0 Å². The van der Waals surface area contributed by atoms with Gasteiger partial charge in [0.25, 0.3) is 0 Å². The Balaban J connectivity index is 1.33. The number of aromatic nitrogens is 1. The molecule has 0 fully saturated rings. The van der Waals surface area contributed by atoms with E-state index in [9.17, 15) is 9.59 Å². The van der Waals surface area contributed by atoms with Gasteiger partial charge in [-0.05, 0) is 61.4 Å². The van der Waals surface area contributed by atoms with Crippen LogP contribution in [0.5, 0.6) is 0 Å². The molecule has 4 rings (SSSR count). The zero-order valence-corrected chi connectivity index (χ0v) is 19.2. The van der Waals surface area contributed by atoms with E-state index in [1.807, 2.05) is 56.3 Å². The van der Waals surface area contributed by atoms with E-state index in [1.54, 1.807) is 12.3 Å². The summed E-state index contributed by atoms with van der Waals surface area (Å²) >= 11 is 2.87. The van der Waals surface area contributed by atoms with Crippen molar-refractivity contribution in [3.63, 3.8) is 0 Å². The van der Waals surface area contributed by atoms with Crippen LogP contribution in [0.1, 0.15) is 16.9 Å². The molecule has 0 atom stereocenters. The molecule has 0 spiro atoms. The standard InChI is InChI=1S/C23H22N4O3S2/c1-14-5-3-7-18(15(14)2)26-22(29)25-16-8-9-19-20(11-16)32-23(27-19)31-13-21(28)24-12-17-6-4-10-30-17/h3-11H,12-13H2,1-2H3,(H,24,28)(H2,25,26,29). The van der Waals surface area contributed by atoms with E-state index in [2.05, 4.69) is 20.9 Å². The van der Waals surface area contributed by atoms with E-state index >= 15 is 0 Å². The maximum atomic E-state index is 12.4. The number of thiazole rings is 1. The third-order valence-electron chi connectivity index (χ3n) is 4.85. The van der Waals surface area contributed by atoms with Crippen LogP contribution in [-0.4, -0.2) is 22.7 Å². The summed E-state index contributed by atoms with van der Waals surface area (Å²) in [5.41, 5.74) is 4.44. The van der Waals surface area contributed by atoms with Gasteiger partial charge in [-0.25, -0.2) is 9.78 Å². The minimum absolute atomic E-state index is 0.0869. The summed E-state index contributed by atoms with van der Waals surface area (Å²) in [6.45, 7) is 4.35. The van der Waals surface area contributed by atoms with E-state index in [4.69, 9.17) is 4.42 Å². The fourth-order valence-corrected chi connectivity index (χ4v) is 4.93. The molecule has 0 aliphatic carbocycles. The second-order valence-electron chi connectivity index (χ2n) is 7.13. The summed E-state index contributed by atoms with van der Waals surface area (Å²) in [4.78, 5) is 29.0. The second kappa shape index (κ2) is 9.88. The number of hydrogen-bond acceptors (Lipinski definition) is 6. The maximum Gasteiger partial charge on any atom is 0.323 e. The van der Waals surface area contributed by atoms with Crippen molar-refractivity contribution in [1.82, 2.24) is 10.3 Å². The molecule has 2 heterocycles. The predicted octanol–water partition coefficient (Wildman–Crippen LogP) is 5.56. The monoisotopic (exact) mass is 466 g/mol. The number of urea groups is 1. The van der Waals surface area contributed by atoms with Crippen LogP contribution < -0.4 is 16.0 Å². The average Bonchev–Trinajstić information content (AvgIpc) is 3.43. The first-order chi connectivity index (χ1) is 15.5. The molecule has 0 saturated heterocycles. The van der Waals surface area contributed by atoms with Crippen LogP contribution in [0.2, 0.25) is 0 Å².